The lowest BCUT2D eigenvalue weighted by Gasteiger charge is -2.28. The molecular formula is C15H22N2O2. The number of benzene rings is 1. The third-order valence-corrected chi connectivity index (χ3v) is 3.44. The minimum atomic E-state index is 0.0773. The molecular weight excluding hydrogens is 240 g/mol. The van der Waals surface area contributed by atoms with Crippen molar-refractivity contribution in [1.82, 2.24) is 4.90 Å². The fourth-order valence-electron chi connectivity index (χ4n) is 2.47. The minimum absolute atomic E-state index is 0.0773. The number of nitrogens with zero attached hydrogens (tertiary/aromatic N) is 1. The number of ether oxygens (including phenoxy) is 1. The first kappa shape index (κ1) is 13.9. The summed E-state index contributed by atoms with van der Waals surface area (Å²) in [5, 5.41) is 3.00. The number of carbonyl (C=O) groups excluding carboxylic acids is 1. The molecule has 19 heavy (non-hydrogen) atoms. The molecule has 0 radical (unpaired) electrons. The SMILES string of the molecule is CCOc1ccccc1NC(=O)[C@@H]1CCCN(C)C1. The van der Waals surface area contributed by atoms with Crippen molar-refractivity contribution in [3.8, 4) is 5.75 Å². The van der Waals surface area contributed by atoms with Crippen LogP contribution in [0.5, 0.6) is 5.75 Å². The molecule has 0 bridgehead atoms. The molecule has 0 aromatic heterocycles. The number of amides is 1. The van der Waals surface area contributed by atoms with Crippen LogP contribution in [0.4, 0.5) is 5.69 Å². The van der Waals surface area contributed by atoms with Crippen molar-refractivity contribution in [3.63, 3.8) is 0 Å². The maximum Gasteiger partial charge on any atom is 0.228 e. The highest BCUT2D eigenvalue weighted by molar-refractivity contribution is 5.94. The first-order chi connectivity index (χ1) is 9.20. The van der Waals surface area contributed by atoms with Gasteiger partial charge in [0.05, 0.1) is 18.2 Å². The average molecular weight is 262 g/mol. The minimum Gasteiger partial charge on any atom is -0.492 e. The fraction of sp³-hybridized carbons (Fsp3) is 0.533. The van der Waals surface area contributed by atoms with Gasteiger partial charge in [-0.25, -0.2) is 0 Å². The number of anilines is 1. The Hall–Kier alpha value is -1.55. The molecule has 1 heterocycles. The summed E-state index contributed by atoms with van der Waals surface area (Å²) in [6.45, 7) is 4.45. The topological polar surface area (TPSA) is 41.6 Å². The van der Waals surface area contributed by atoms with E-state index in [0.717, 1.165) is 37.4 Å². The molecule has 1 saturated heterocycles. The van der Waals surface area contributed by atoms with Crippen molar-refractivity contribution in [1.29, 1.82) is 0 Å². The molecule has 1 N–H and O–H groups in total. The summed E-state index contributed by atoms with van der Waals surface area (Å²) in [6.07, 6.45) is 2.05. The lowest BCUT2D eigenvalue weighted by Crippen LogP contribution is -2.38. The zero-order valence-corrected chi connectivity index (χ0v) is 11.7. The molecule has 0 saturated carbocycles. The van der Waals surface area contributed by atoms with Crippen LogP contribution in [0.15, 0.2) is 24.3 Å². The molecule has 1 aliphatic heterocycles. The Labute approximate surface area is 114 Å². The van der Waals surface area contributed by atoms with Crippen LogP contribution < -0.4 is 10.1 Å². The molecule has 1 atom stereocenters. The van der Waals surface area contributed by atoms with Gasteiger partial charge in [0, 0.05) is 6.54 Å². The van der Waals surface area contributed by atoms with Crippen LogP contribution in [0.1, 0.15) is 19.8 Å². The molecule has 0 unspecified atom stereocenters. The van der Waals surface area contributed by atoms with Crippen molar-refractivity contribution < 1.29 is 9.53 Å². The molecule has 4 nitrogen and oxygen atoms in total. The second-order valence-electron chi connectivity index (χ2n) is 5.02. The van der Waals surface area contributed by atoms with E-state index in [4.69, 9.17) is 4.74 Å². The van der Waals surface area contributed by atoms with Gasteiger partial charge in [-0.1, -0.05) is 12.1 Å². The van der Waals surface area contributed by atoms with E-state index in [1.165, 1.54) is 0 Å². The molecule has 1 aliphatic rings. The fourth-order valence-corrected chi connectivity index (χ4v) is 2.47. The van der Waals surface area contributed by atoms with Gasteiger partial charge in [-0.3, -0.25) is 4.79 Å². The highest BCUT2D eigenvalue weighted by Crippen LogP contribution is 2.25. The van der Waals surface area contributed by atoms with Gasteiger partial charge in [-0.15, -0.1) is 0 Å². The highest BCUT2D eigenvalue weighted by Gasteiger charge is 2.24. The maximum atomic E-state index is 12.3. The third-order valence-electron chi connectivity index (χ3n) is 3.44. The zero-order valence-electron chi connectivity index (χ0n) is 11.7. The van der Waals surface area contributed by atoms with E-state index in [1.807, 2.05) is 31.2 Å². The van der Waals surface area contributed by atoms with Gasteiger partial charge in [0.25, 0.3) is 0 Å². The number of hydrogen-bond acceptors (Lipinski definition) is 3. The van der Waals surface area contributed by atoms with Crippen LogP contribution in [0.25, 0.3) is 0 Å². The summed E-state index contributed by atoms with van der Waals surface area (Å²) in [4.78, 5) is 14.5. The number of carbonyl (C=O) groups is 1. The van der Waals surface area contributed by atoms with Crippen LogP contribution in [0.3, 0.4) is 0 Å². The van der Waals surface area contributed by atoms with Crippen molar-refractivity contribution in [2.75, 3.05) is 32.1 Å². The quantitative estimate of drug-likeness (QED) is 0.905. The Morgan fingerprint density at radius 1 is 1.47 bits per heavy atom. The van der Waals surface area contributed by atoms with Crippen molar-refractivity contribution in [2.24, 2.45) is 5.92 Å². The normalized spacial score (nSPS) is 20.0. The number of hydrogen-bond donors (Lipinski definition) is 1. The summed E-state index contributed by atoms with van der Waals surface area (Å²) >= 11 is 0. The van der Waals surface area contributed by atoms with E-state index < -0.39 is 0 Å². The van der Waals surface area contributed by atoms with Crippen LogP contribution in [0, 0.1) is 5.92 Å². The highest BCUT2D eigenvalue weighted by atomic mass is 16.5. The second-order valence-corrected chi connectivity index (χ2v) is 5.02. The second kappa shape index (κ2) is 6.57. The first-order valence-corrected chi connectivity index (χ1v) is 6.92. The third kappa shape index (κ3) is 3.70. The van der Waals surface area contributed by atoms with Gasteiger partial charge in [-0.05, 0) is 45.5 Å². The molecule has 4 heteroatoms. The van der Waals surface area contributed by atoms with E-state index in [-0.39, 0.29) is 11.8 Å². The number of nitrogens with one attached hydrogen (secondary N) is 1. The van der Waals surface area contributed by atoms with Gasteiger partial charge in [0.2, 0.25) is 5.91 Å². The molecule has 1 fully saturated rings. The van der Waals surface area contributed by atoms with Gasteiger partial charge in [-0.2, -0.15) is 0 Å². The van der Waals surface area contributed by atoms with E-state index in [1.54, 1.807) is 0 Å². The van der Waals surface area contributed by atoms with Crippen molar-refractivity contribution in [3.05, 3.63) is 24.3 Å². The zero-order chi connectivity index (χ0) is 13.7. The van der Waals surface area contributed by atoms with Crippen LogP contribution in [-0.4, -0.2) is 37.6 Å². The summed E-state index contributed by atoms with van der Waals surface area (Å²) in [5.74, 6) is 0.912. The Balaban J connectivity index is 2.02. The first-order valence-electron chi connectivity index (χ1n) is 6.92. The molecule has 104 valence electrons. The largest absolute Gasteiger partial charge is 0.492 e. The monoisotopic (exact) mass is 262 g/mol. The lowest BCUT2D eigenvalue weighted by atomic mass is 9.97. The van der Waals surface area contributed by atoms with E-state index >= 15 is 0 Å². The predicted molar refractivity (Wildman–Crippen MR) is 76.5 cm³/mol. The molecule has 0 aliphatic carbocycles. The average Bonchev–Trinajstić information content (AvgIpc) is 2.41. The Morgan fingerprint density at radius 3 is 3.00 bits per heavy atom. The summed E-state index contributed by atoms with van der Waals surface area (Å²) in [7, 11) is 2.06. The smallest absolute Gasteiger partial charge is 0.228 e. The van der Waals surface area contributed by atoms with Gasteiger partial charge in [0.15, 0.2) is 0 Å². The molecule has 2 rings (SSSR count). The Bertz CT molecular complexity index is 434. The lowest BCUT2D eigenvalue weighted by molar-refractivity contribution is -0.121. The Kier molecular flexibility index (Phi) is 4.80. The van der Waals surface area contributed by atoms with Gasteiger partial charge in [0.1, 0.15) is 5.75 Å². The van der Waals surface area contributed by atoms with Crippen molar-refractivity contribution >= 4 is 11.6 Å². The Morgan fingerprint density at radius 2 is 2.26 bits per heavy atom. The van der Waals surface area contributed by atoms with Crippen LogP contribution in [0.2, 0.25) is 0 Å². The van der Waals surface area contributed by atoms with Crippen molar-refractivity contribution in [2.45, 2.75) is 19.8 Å². The molecule has 1 aromatic rings. The number of piperidine rings is 1. The molecule has 1 amide bonds. The summed E-state index contributed by atoms with van der Waals surface area (Å²) < 4.78 is 5.52. The molecule has 0 spiro atoms. The van der Waals surface area contributed by atoms with Crippen LogP contribution >= 0.6 is 0 Å². The van der Waals surface area contributed by atoms with Crippen LogP contribution in [-0.2, 0) is 4.79 Å². The van der Waals surface area contributed by atoms with E-state index in [0.29, 0.717) is 6.61 Å². The van der Waals surface area contributed by atoms with E-state index in [2.05, 4.69) is 17.3 Å². The summed E-state index contributed by atoms with van der Waals surface area (Å²) in [5.41, 5.74) is 0.766. The maximum absolute atomic E-state index is 12.3. The standard InChI is InChI=1S/C15H22N2O2/c1-3-19-14-9-5-4-8-13(14)16-15(18)12-7-6-10-17(2)11-12/h4-5,8-9,12H,3,6-7,10-11H2,1-2H3,(H,16,18)/t12-/m1/s1. The molecule has 1 aromatic carbocycles. The van der Waals surface area contributed by atoms with E-state index in [9.17, 15) is 4.79 Å². The predicted octanol–water partition coefficient (Wildman–Crippen LogP) is 2.37. The van der Waals surface area contributed by atoms with Gasteiger partial charge < -0.3 is 15.0 Å². The number of rotatable bonds is 4. The summed E-state index contributed by atoms with van der Waals surface area (Å²) in [6, 6.07) is 7.59. The van der Waals surface area contributed by atoms with Gasteiger partial charge >= 0.3 is 0 Å². The number of likely N-dealkylation sites (tertiary alicyclic amines) is 1. The number of para-hydroxylation sites is 2.